The van der Waals surface area contributed by atoms with Gasteiger partial charge < -0.3 is 15.2 Å². The maximum absolute atomic E-state index is 12.5. The van der Waals surface area contributed by atoms with Gasteiger partial charge in [-0.15, -0.1) is 0 Å². The van der Waals surface area contributed by atoms with Crippen LogP contribution in [0.25, 0.3) is 11.1 Å². The Morgan fingerprint density at radius 1 is 0.893 bits per heavy atom. The van der Waals surface area contributed by atoms with Crippen molar-refractivity contribution >= 4 is 6.09 Å². The number of nitrogens with one attached hydrogen (secondary N) is 1. The highest BCUT2D eigenvalue weighted by Gasteiger charge is 2.33. The summed E-state index contributed by atoms with van der Waals surface area (Å²) in [5, 5.41) is 13.2. The van der Waals surface area contributed by atoms with Gasteiger partial charge in [0.25, 0.3) is 0 Å². The number of carbonyl (C=O) groups excluding carboxylic acids is 1. The topological polar surface area (TPSA) is 58.6 Å². The highest BCUT2D eigenvalue weighted by Crippen LogP contribution is 2.44. The fraction of sp³-hybridized carbons (Fsp3) is 0.208. The number of amides is 1. The van der Waals surface area contributed by atoms with E-state index in [1.54, 1.807) is 0 Å². The van der Waals surface area contributed by atoms with E-state index >= 15 is 0 Å². The van der Waals surface area contributed by atoms with Gasteiger partial charge in [-0.05, 0) is 33.4 Å². The van der Waals surface area contributed by atoms with Crippen LogP contribution in [-0.2, 0) is 11.2 Å². The number of aliphatic hydroxyl groups is 1. The number of alkyl carbamates (subject to hydrolysis) is 1. The van der Waals surface area contributed by atoms with Crippen LogP contribution >= 0.6 is 0 Å². The summed E-state index contributed by atoms with van der Waals surface area (Å²) in [4.78, 5) is 12.5. The standard InChI is InChI=1S/C24H21NO3/c26-22-13-15-7-1-2-8-16(15)23(22)25-24(27)28-14-21-19-11-5-3-9-17(19)18-10-4-6-12-20(18)21/h1-12,21-23,26H,13-14H2,(H,25,27)/t22-,23+/m1/s1. The van der Waals surface area contributed by atoms with Crippen molar-refractivity contribution in [3.63, 3.8) is 0 Å². The zero-order valence-corrected chi connectivity index (χ0v) is 15.3. The van der Waals surface area contributed by atoms with Crippen LogP contribution in [0.3, 0.4) is 0 Å². The Kier molecular flexibility index (Phi) is 4.14. The molecule has 0 aromatic heterocycles. The summed E-state index contributed by atoms with van der Waals surface area (Å²) in [5.74, 6) is 0.0268. The molecule has 3 aromatic carbocycles. The first kappa shape index (κ1) is 17.0. The van der Waals surface area contributed by atoms with Gasteiger partial charge in [0.1, 0.15) is 6.61 Å². The van der Waals surface area contributed by atoms with Gasteiger partial charge in [0.05, 0.1) is 12.1 Å². The van der Waals surface area contributed by atoms with Crippen molar-refractivity contribution < 1.29 is 14.6 Å². The Morgan fingerprint density at radius 2 is 1.46 bits per heavy atom. The van der Waals surface area contributed by atoms with Gasteiger partial charge in [0.15, 0.2) is 0 Å². The second-order valence-electron chi connectivity index (χ2n) is 7.42. The molecule has 0 radical (unpaired) electrons. The molecule has 0 unspecified atom stereocenters. The molecule has 2 aliphatic rings. The molecule has 5 rings (SSSR count). The molecule has 0 aliphatic heterocycles. The van der Waals surface area contributed by atoms with E-state index in [4.69, 9.17) is 4.74 Å². The number of hydrogen-bond acceptors (Lipinski definition) is 3. The van der Waals surface area contributed by atoms with E-state index in [0.29, 0.717) is 6.42 Å². The van der Waals surface area contributed by atoms with Crippen LogP contribution in [0.5, 0.6) is 0 Å². The molecule has 4 heteroatoms. The lowest BCUT2D eigenvalue weighted by Crippen LogP contribution is -2.34. The van der Waals surface area contributed by atoms with Crippen LogP contribution in [-0.4, -0.2) is 23.9 Å². The molecule has 140 valence electrons. The van der Waals surface area contributed by atoms with Gasteiger partial charge in [-0.3, -0.25) is 0 Å². The van der Waals surface area contributed by atoms with Crippen LogP contribution in [0.2, 0.25) is 0 Å². The fourth-order valence-corrected chi connectivity index (χ4v) is 4.51. The maximum atomic E-state index is 12.5. The van der Waals surface area contributed by atoms with Crippen LogP contribution in [0.1, 0.15) is 34.2 Å². The van der Waals surface area contributed by atoms with E-state index < -0.39 is 18.2 Å². The molecule has 0 spiro atoms. The van der Waals surface area contributed by atoms with Gasteiger partial charge in [0.2, 0.25) is 0 Å². The van der Waals surface area contributed by atoms with Crippen molar-refractivity contribution in [2.75, 3.05) is 6.61 Å². The number of fused-ring (bicyclic) bond motifs is 4. The van der Waals surface area contributed by atoms with Gasteiger partial charge in [-0.2, -0.15) is 0 Å². The molecule has 3 aromatic rings. The van der Waals surface area contributed by atoms with Crippen molar-refractivity contribution in [3.05, 3.63) is 95.1 Å². The second-order valence-corrected chi connectivity index (χ2v) is 7.42. The minimum Gasteiger partial charge on any atom is -0.449 e. The SMILES string of the molecule is O=C(N[C@H]1c2ccccc2C[C@H]1O)OCC1c2ccccc2-c2ccccc21. The predicted octanol–water partition coefficient (Wildman–Crippen LogP) is 4.18. The molecule has 1 amide bonds. The number of aliphatic hydroxyl groups excluding tert-OH is 1. The largest absolute Gasteiger partial charge is 0.449 e. The third kappa shape index (κ3) is 2.77. The van der Waals surface area contributed by atoms with Crippen LogP contribution in [0, 0.1) is 0 Å². The van der Waals surface area contributed by atoms with E-state index in [1.807, 2.05) is 48.5 Å². The van der Waals surface area contributed by atoms with Crippen molar-refractivity contribution in [2.45, 2.75) is 24.5 Å². The second kappa shape index (κ2) is 6.80. The molecule has 2 N–H and O–H groups in total. The van der Waals surface area contributed by atoms with Crippen LogP contribution < -0.4 is 5.32 Å². The average Bonchev–Trinajstić information content (AvgIpc) is 3.21. The third-order valence-corrected chi connectivity index (χ3v) is 5.82. The molecule has 2 aliphatic carbocycles. The van der Waals surface area contributed by atoms with E-state index in [2.05, 4.69) is 29.6 Å². The zero-order chi connectivity index (χ0) is 19.1. The Balaban J connectivity index is 1.31. The van der Waals surface area contributed by atoms with Gasteiger partial charge in [-0.1, -0.05) is 72.8 Å². The highest BCUT2D eigenvalue weighted by molar-refractivity contribution is 5.79. The van der Waals surface area contributed by atoms with Crippen LogP contribution in [0.15, 0.2) is 72.8 Å². The maximum Gasteiger partial charge on any atom is 0.407 e. The van der Waals surface area contributed by atoms with Gasteiger partial charge in [0, 0.05) is 12.3 Å². The van der Waals surface area contributed by atoms with E-state index in [1.165, 1.54) is 22.3 Å². The summed E-state index contributed by atoms with van der Waals surface area (Å²) in [6.45, 7) is 0.268. The van der Waals surface area contributed by atoms with Crippen molar-refractivity contribution in [3.8, 4) is 11.1 Å². The molecule has 0 heterocycles. The summed E-state index contributed by atoms with van der Waals surface area (Å²) in [6, 6.07) is 23.9. The Labute approximate surface area is 163 Å². The molecule has 0 saturated carbocycles. The summed E-state index contributed by atoms with van der Waals surface area (Å²) in [5.41, 5.74) is 6.80. The molecule has 0 bridgehead atoms. The minimum atomic E-state index is -0.627. The Hall–Kier alpha value is -3.11. The molecule has 4 nitrogen and oxygen atoms in total. The first-order valence-corrected chi connectivity index (χ1v) is 9.60. The molecule has 28 heavy (non-hydrogen) atoms. The first-order chi connectivity index (χ1) is 13.7. The molecule has 0 saturated heterocycles. The summed E-state index contributed by atoms with van der Waals surface area (Å²) >= 11 is 0. The first-order valence-electron chi connectivity index (χ1n) is 9.60. The van der Waals surface area contributed by atoms with E-state index in [0.717, 1.165) is 11.1 Å². The van der Waals surface area contributed by atoms with Crippen molar-refractivity contribution in [1.29, 1.82) is 0 Å². The minimum absolute atomic E-state index is 0.0268. The number of hydrogen-bond donors (Lipinski definition) is 2. The van der Waals surface area contributed by atoms with Gasteiger partial charge >= 0.3 is 6.09 Å². The monoisotopic (exact) mass is 371 g/mol. The molecule has 0 fully saturated rings. The Morgan fingerprint density at radius 3 is 2.14 bits per heavy atom. The Bertz CT molecular complexity index is 1000. The smallest absolute Gasteiger partial charge is 0.407 e. The summed E-state index contributed by atoms with van der Waals surface area (Å²) in [6.07, 6.45) is -0.578. The molecule has 2 atom stereocenters. The lowest BCUT2D eigenvalue weighted by Gasteiger charge is -2.19. The van der Waals surface area contributed by atoms with Crippen molar-refractivity contribution in [1.82, 2.24) is 5.32 Å². The highest BCUT2D eigenvalue weighted by atomic mass is 16.5. The van der Waals surface area contributed by atoms with E-state index in [9.17, 15) is 9.90 Å². The van der Waals surface area contributed by atoms with E-state index in [-0.39, 0.29) is 12.5 Å². The normalized spacial score (nSPS) is 19.6. The average molecular weight is 371 g/mol. The van der Waals surface area contributed by atoms with Crippen molar-refractivity contribution in [2.24, 2.45) is 0 Å². The zero-order valence-electron chi connectivity index (χ0n) is 15.3. The quantitative estimate of drug-likeness (QED) is 0.726. The lowest BCUT2D eigenvalue weighted by molar-refractivity contribution is 0.111. The lowest BCUT2D eigenvalue weighted by atomic mass is 9.98. The molecular formula is C24H21NO3. The molecular weight excluding hydrogens is 350 g/mol. The predicted molar refractivity (Wildman–Crippen MR) is 107 cm³/mol. The number of benzene rings is 3. The number of ether oxygens (including phenoxy) is 1. The fourth-order valence-electron chi connectivity index (χ4n) is 4.51. The van der Waals surface area contributed by atoms with Gasteiger partial charge in [-0.25, -0.2) is 4.79 Å². The number of rotatable bonds is 3. The van der Waals surface area contributed by atoms with Crippen LogP contribution in [0.4, 0.5) is 4.79 Å². The number of carbonyl (C=O) groups is 1. The third-order valence-electron chi connectivity index (χ3n) is 5.82. The summed E-state index contributed by atoms with van der Waals surface area (Å²) in [7, 11) is 0. The summed E-state index contributed by atoms with van der Waals surface area (Å²) < 4.78 is 5.60.